The van der Waals surface area contributed by atoms with Crippen molar-refractivity contribution in [3.8, 4) is 0 Å². The summed E-state index contributed by atoms with van der Waals surface area (Å²) in [5, 5.41) is 4.74. The van der Waals surface area contributed by atoms with Crippen LogP contribution in [0.4, 0.5) is 0 Å². The lowest BCUT2D eigenvalue weighted by atomic mass is 10.1. The summed E-state index contributed by atoms with van der Waals surface area (Å²) < 4.78 is 33.1. The minimum Gasteiger partial charge on any atom is -0.355 e. The van der Waals surface area contributed by atoms with Crippen molar-refractivity contribution >= 4 is 43.5 Å². The van der Waals surface area contributed by atoms with Crippen LogP contribution in [0.15, 0.2) is 46.6 Å². The normalized spacial score (nSPS) is 12.4. The summed E-state index contributed by atoms with van der Waals surface area (Å²) in [6.45, 7) is 0.781. The minimum absolute atomic E-state index is 0.156. The van der Waals surface area contributed by atoms with Crippen LogP contribution in [0, 0.1) is 0 Å². The highest BCUT2D eigenvalue weighted by atomic mass is 35.5. The maximum atomic E-state index is 13.4. The first-order chi connectivity index (χ1) is 12.9. The van der Waals surface area contributed by atoms with Gasteiger partial charge in [0.25, 0.3) is 10.0 Å². The van der Waals surface area contributed by atoms with Crippen LogP contribution in [0.25, 0.3) is 21.9 Å². The van der Waals surface area contributed by atoms with E-state index in [1.54, 1.807) is 24.7 Å². The number of hydrogen-bond donors (Lipinski definition) is 0. The molecule has 0 unspecified atom stereocenters. The molecule has 0 aliphatic heterocycles. The van der Waals surface area contributed by atoms with Gasteiger partial charge in [0.15, 0.2) is 10.6 Å². The van der Waals surface area contributed by atoms with Crippen LogP contribution in [-0.2, 0) is 16.4 Å². The summed E-state index contributed by atoms with van der Waals surface area (Å²) >= 11 is 6.03. The molecule has 4 heterocycles. The molecule has 4 aromatic rings. The Balaban J connectivity index is 1.93. The Kier molecular flexibility index (Phi) is 4.37. The van der Waals surface area contributed by atoms with Crippen molar-refractivity contribution in [3.05, 3.63) is 47.6 Å². The van der Waals surface area contributed by atoms with Crippen molar-refractivity contribution in [2.24, 2.45) is 0 Å². The Morgan fingerprint density at radius 3 is 2.81 bits per heavy atom. The Morgan fingerprint density at radius 1 is 1.22 bits per heavy atom. The van der Waals surface area contributed by atoms with E-state index in [-0.39, 0.29) is 21.0 Å². The molecule has 10 heteroatoms. The second kappa shape index (κ2) is 6.59. The summed E-state index contributed by atoms with van der Waals surface area (Å²) in [4.78, 5) is 10.2. The SMILES string of the molecule is CN(C)CCc1cn(S(=O)(=O)c2ncc(Cl)c3oncc23)c2ccncc12. The summed E-state index contributed by atoms with van der Waals surface area (Å²) in [5.41, 5.74) is 1.63. The van der Waals surface area contributed by atoms with E-state index in [1.165, 1.54) is 16.4 Å². The van der Waals surface area contributed by atoms with E-state index in [2.05, 4.69) is 15.1 Å². The van der Waals surface area contributed by atoms with E-state index in [0.29, 0.717) is 11.9 Å². The lowest BCUT2D eigenvalue weighted by Gasteiger charge is -2.08. The summed E-state index contributed by atoms with van der Waals surface area (Å²) in [6.07, 6.45) is 8.11. The first kappa shape index (κ1) is 17.9. The number of likely N-dealkylation sites (N-methyl/N-ethyl adjacent to an activating group) is 1. The van der Waals surface area contributed by atoms with Gasteiger partial charge in [-0.3, -0.25) is 4.98 Å². The van der Waals surface area contributed by atoms with Crippen LogP contribution in [0.5, 0.6) is 0 Å². The molecule has 27 heavy (non-hydrogen) atoms. The van der Waals surface area contributed by atoms with Crippen LogP contribution in [0.1, 0.15) is 5.56 Å². The molecule has 4 rings (SSSR count). The molecular formula is C17H16ClN5O3S. The third-order valence-corrected chi connectivity index (χ3v) is 6.20. The van der Waals surface area contributed by atoms with E-state index < -0.39 is 10.0 Å². The number of rotatable bonds is 5. The topological polar surface area (TPSA) is 94.1 Å². The Morgan fingerprint density at radius 2 is 2.04 bits per heavy atom. The zero-order valence-electron chi connectivity index (χ0n) is 14.6. The van der Waals surface area contributed by atoms with Crippen LogP contribution < -0.4 is 0 Å². The molecule has 8 nitrogen and oxygen atoms in total. The molecule has 0 bridgehead atoms. The summed E-state index contributed by atoms with van der Waals surface area (Å²) in [5.74, 6) is 0. The lowest BCUT2D eigenvalue weighted by Crippen LogP contribution is -2.15. The molecule has 0 saturated carbocycles. The highest BCUT2D eigenvalue weighted by molar-refractivity contribution is 7.90. The largest absolute Gasteiger partial charge is 0.355 e. The van der Waals surface area contributed by atoms with Crippen molar-refractivity contribution in [3.63, 3.8) is 0 Å². The van der Waals surface area contributed by atoms with Gasteiger partial charge in [0.05, 0.1) is 23.3 Å². The Hall–Kier alpha value is -2.49. The number of fused-ring (bicyclic) bond motifs is 2. The average Bonchev–Trinajstić information content (AvgIpc) is 3.26. The van der Waals surface area contributed by atoms with Crippen molar-refractivity contribution in [2.45, 2.75) is 11.4 Å². The van der Waals surface area contributed by atoms with E-state index in [1.807, 2.05) is 19.0 Å². The van der Waals surface area contributed by atoms with Gasteiger partial charge < -0.3 is 9.42 Å². The zero-order valence-corrected chi connectivity index (χ0v) is 16.2. The van der Waals surface area contributed by atoms with E-state index in [9.17, 15) is 8.42 Å². The average molecular weight is 406 g/mol. The molecule has 0 aromatic carbocycles. The molecule has 0 saturated heterocycles. The van der Waals surface area contributed by atoms with Gasteiger partial charge in [-0.1, -0.05) is 16.8 Å². The third kappa shape index (κ3) is 2.97. The van der Waals surface area contributed by atoms with E-state index in [4.69, 9.17) is 16.1 Å². The highest BCUT2D eigenvalue weighted by Crippen LogP contribution is 2.31. The number of hydrogen-bond acceptors (Lipinski definition) is 7. The Labute approximate surface area is 160 Å². The second-order valence-electron chi connectivity index (χ2n) is 6.38. The summed E-state index contributed by atoms with van der Waals surface area (Å²) in [6, 6.07) is 1.67. The molecule has 0 fully saturated rings. The molecular weight excluding hydrogens is 390 g/mol. The maximum absolute atomic E-state index is 13.4. The fraction of sp³-hybridized carbons (Fsp3) is 0.235. The molecule has 140 valence electrons. The molecule has 0 aliphatic carbocycles. The molecule has 0 N–H and O–H groups in total. The van der Waals surface area contributed by atoms with Crippen LogP contribution >= 0.6 is 11.6 Å². The fourth-order valence-corrected chi connectivity index (χ4v) is 4.62. The van der Waals surface area contributed by atoms with Gasteiger partial charge in [-0.25, -0.2) is 8.96 Å². The van der Waals surface area contributed by atoms with Crippen molar-refractivity contribution in [2.75, 3.05) is 20.6 Å². The fourth-order valence-electron chi connectivity index (χ4n) is 2.96. The molecule has 0 spiro atoms. The highest BCUT2D eigenvalue weighted by Gasteiger charge is 2.27. The van der Waals surface area contributed by atoms with E-state index >= 15 is 0 Å². The van der Waals surface area contributed by atoms with Gasteiger partial charge in [0.2, 0.25) is 0 Å². The van der Waals surface area contributed by atoms with Gasteiger partial charge in [0, 0.05) is 30.5 Å². The number of pyridine rings is 2. The standard InChI is InChI=1S/C17H16ClN5O3S/c1-22(2)6-4-11-10-23(15-3-5-19-7-12(11)15)27(24,25)17-13-8-21-26-16(13)14(18)9-20-17/h3,5,7-10H,4,6H2,1-2H3. The van der Waals surface area contributed by atoms with Gasteiger partial charge in [-0.2, -0.15) is 8.42 Å². The van der Waals surface area contributed by atoms with Gasteiger partial charge in [-0.15, -0.1) is 0 Å². The molecule has 0 amide bonds. The second-order valence-corrected chi connectivity index (χ2v) is 8.52. The first-order valence-corrected chi connectivity index (χ1v) is 9.94. The minimum atomic E-state index is -3.99. The quantitative estimate of drug-likeness (QED) is 0.503. The molecule has 4 aromatic heterocycles. The molecule has 0 aliphatic rings. The molecule has 0 atom stereocenters. The van der Waals surface area contributed by atoms with Gasteiger partial charge in [0.1, 0.15) is 5.02 Å². The van der Waals surface area contributed by atoms with Crippen LogP contribution in [0.2, 0.25) is 5.02 Å². The van der Waals surface area contributed by atoms with Crippen molar-refractivity contribution in [1.29, 1.82) is 0 Å². The van der Waals surface area contributed by atoms with Crippen LogP contribution in [0.3, 0.4) is 0 Å². The smallest absolute Gasteiger partial charge is 0.286 e. The predicted molar refractivity (Wildman–Crippen MR) is 101 cm³/mol. The third-order valence-electron chi connectivity index (χ3n) is 4.30. The lowest BCUT2D eigenvalue weighted by molar-refractivity contribution is 0.414. The monoisotopic (exact) mass is 405 g/mol. The first-order valence-electron chi connectivity index (χ1n) is 8.12. The van der Waals surface area contributed by atoms with Crippen molar-refractivity contribution in [1.82, 2.24) is 24.0 Å². The number of nitrogens with zero attached hydrogens (tertiary/aromatic N) is 5. The van der Waals surface area contributed by atoms with Gasteiger partial charge >= 0.3 is 0 Å². The van der Waals surface area contributed by atoms with Gasteiger partial charge in [-0.05, 0) is 32.1 Å². The van der Waals surface area contributed by atoms with Crippen LogP contribution in [-0.4, -0.2) is 53.1 Å². The zero-order chi connectivity index (χ0) is 19.2. The number of aromatic nitrogens is 4. The maximum Gasteiger partial charge on any atom is 0.286 e. The van der Waals surface area contributed by atoms with Crippen molar-refractivity contribution < 1.29 is 12.9 Å². The predicted octanol–water partition coefficient (Wildman–Crippen LogP) is 2.57. The molecule has 0 radical (unpaired) electrons. The summed E-state index contributed by atoms with van der Waals surface area (Å²) in [7, 11) is -0.0576. The van der Waals surface area contributed by atoms with E-state index in [0.717, 1.165) is 17.5 Å². The Bertz CT molecular complexity index is 1250. The number of halogens is 1.